The largest absolute Gasteiger partial charge is 0.494 e. The number of anilines is 1. The maximum Gasteiger partial charge on any atom is 0.309 e. The van der Waals surface area contributed by atoms with Gasteiger partial charge < -0.3 is 19.6 Å². The number of likely N-dealkylation sites (N-methyl/N-ethyl adjacent to an activating group) is 1. The van der Waals surface area contributed by atoms with Crippen molar-refractivity contribution in [2.75, 3.05) is 18.1 Å². The monoisotopic (exact) mass is 520 g/mol. The Morgan fingerprint density at radius 1 is 1.05 bits per heavy atom. The van der Waals surface area contributed by atoms with E-state index in [1.165, 1.54) is 12.8 Å². The number of para-hydroxylation sites is 1. The van der Waals surface area contributed by atoms with Crippen LogP contribution in [0.5, 0.6) is 5.75 Å². The average molecular weight is 521 g/mol. The summed E-state index contributed by atoms with van der Waals surface area (Å²) in [5.74, 6) is -0.456. The Bertz CT molecular complexity index is 1150. The van der Waals surface area contributed by atoms with Gasteiger partial charge in [0.25, 0.3) is 5.91 Å². The minimum Gasteiger partial charge on any atom is -0.494 e. The lowest BCUT2D eigenvalue weighted by Crippen LogP contribution is -2.48. The lowest BCUT2D eigenvalue weighted by Gasteiger charge is -2.41. The third kappa shape index (κ3) is 5.71. The SMILES string of the molecule is CCN(C(=O)[C@H]1C[C@H](C)N(C(=O)c2ccc(OCCC(C)(C)C(=O)O)cc2)c2ccccc21)C1CCCC1. The first kappa shape index (κ1) is 27.7. The topological polar surface area (TPSA) is 87.2 Å². The van der Waals surface area contributed by atoms with Gasteiger partial charge in [-0.2, -0.15) is 0 Å². The van der Waals surface area contributed by atoms with Crippen LogP contribution in [0.2, 0.25) is 0 Å². The number of carbonyl (C=O) groups excluding carboxylic acids is 2. The number of amides is 2. The first-order valence-electron chi connectivity index (χ1n) is 13.8. The van der Waals surface area contributed by atoms with E-state index < -0.39 is 11.4 Å². The van der Waals surface area contributed by atoms with Crippen LogP contribution in [-0.4, -0.2) is 53.0 Å². The Labute approximate surface area is 225 Å². The maximum atomic E-state index is 13.8. The Kier molecular flexibility index (Phi) is 8.44. The van der Waals surface area contributed by atoms with E-state index in [1.54, 1.807) is 38.1 Å². The molecule has 1 saturated carbocycles. The first-order chi connectivity index (χ1) is 18.1. The molecule has 4 rings (SSSR count). The van der Waals surface area contributed by atoms with E-state index in [4.69, 9.17) is 4.74 Å². The number of fused-ring (bicyclic) bond motifs is 1. The first-order valence-corrected chi connectivity index (χ1v) is 13.8. The van der Waals surface area contributed by atoms with Gasteiger partial charge in [-0.15, -0.1) is 0 Å². The van der Waals surface area contributed by atoms with E-state index >= 15 is 0 Å². The molecule has 1 aliphatic carbocycles. The molecule has 0 bridgehead atoms. The zero-order valence-corrected chi connectivity index (χ0v) is 23.0. The molecule has 0 spiro atoms. The maximum absolute atomic E-state index is 13.8. The van der Waals surface area contributed by atoms with Crippen LogP contribution in [0.1, 0.15) is 88.1 Å². The number of aliphatic carboxylic acids is 1. The summed E-state index contributed by atoms with van der Waals surface area (Å²) in [7, 11) is 0. The van der Waals surface area contributed by atoms with E-state index in [2.05, 4.69) is 11.8 Å². The number of benzene rings is 2. The van der Waals surface area contributed by atoms with Crippen molar-refractivity contribution in [1.29, 1.82) is 0 Å². The number of ether oxygens (including phenoxy) is 1. The molecule has 0 aromatic heterocycles. The van der Waals surface area contributed by atoms with Crippen molar-refractivity contribution >= 4 is 23.5 Å². The second kappa shape index (κ2) is 11.6. The molecule has 2 aromatic rings. The molecule has 2 aromatic carbocycles. The number of hydrogen-bond donors (Lipinski definition) is 1. The van der Waals surface area contributed by atoms with Crippen molar-refractivity contribution in [2.45, 2.75) is 84.2 Å². The Balaban J connectivity index is 1.50. The normalized spacial score (nSPS) is 19.6. The van der Waals surface area contributed by atoms with Crippen molar-refractivity contribution in [2.24, 2.45) is 5.41 Å². The second-order valence-corrected chi connectivity index (χ2v) is 11.2. The van der Waals surface area contributed by atoms with E-state index in [0.717, 1.165) is 24.1 Å². The highest BCUT2D eigenvalue weighted by molar-refractivity contribution is 6.08. The van der Waals surface area contributed by atoms with Crippen molar-refractivity contribution in [3.8, 4) is 5.75 Å². The molecule has 7 heteroatoms. The van der Waals surface area contributed by atoms with Gasteiger partial charge in [-0.3, -0.25) is 14.4 Å². The van der Waals surface area contributed by atoms with Crippen LogP contribution in [0.15, 0.2) is 48.5 Å². The molecule has 0 saturated heterocycles. The molecule has 0 radical (unpaired) electrons. The van der Waals surface area contributed by atoms with E-state index in [1.807, 2.05) is 36.1 Å². The molecule has 1 fully saturated rings. The molecular formula is C31H40N2O5. The molecule has 0 unspecified atom stereocenters. The van der Waals surface area contributed by atoms with Crippen molar-refractivity contribution in [3.05, 3.63) is 59.7 Å². The van der Waals surface area contributed by atoms with Crippen LogP contribution in [0.3, 0.4) is 0 Å². The Morgan fingerprint density at radius 3 is 2.34 bits per heavy atom. The van der Waals surface area contributed by atoms with Crippen molar-refractivity contribution in [3.63, 3.8) is 0 Å². The minimum atomic E-state index is -0.863. The van der Waals surface area contributed by atoms with Gasteiger partial charge in [0.05, 0.1) is 17.9 Å². The number of carbonyl (C=O) groups is 3. The quantitative estimate of drug-likeness (QED) is 0.446. The fraction of sp³-hybridized carbons (Fsp3) is 0.516. The van der Waals surface area contributed by atoms with Crippen molar-refractivity contribution in [1.82, 2.24) is 4.90 Å². The van der Waals surface area contributed by atoms with Gasteiger partial charge >= 0.3 is 5.97 Å². The molecule has 7 nitrogen and oxygen atoms in total. The van der Waals surface area contributed by atoms with E-state index in [-0.39, 0.29) is 30.4 Å². The highest BCUT2D eigenvalue weighted by atomic mass is 16.5. The standard InChI is InChI=1S/C31H40N2O5/c1-5-32(23-10-6-7-11-23)29(35)26-20-21(2)33(27-13-9-8-12-25(26)27)28(34)22-14-16-24(17-15-22)38-19-18-31(3,4)30(36)37/h8-9,12-17,21,23,26H,5-7,10-11,18-20H2,1-4H3,(H,36,37)/t21-,26-/m0/s1. The van der Waals surface area contributed by atoms with E-state index in [9.17, 15) is 19.5 Å². The summed E-state index contributed by atoms with van der Waals surface area (Å²) in [6, 6.07) is 15.0. The van der Waals surface area contributed by atoms with Crippen LogP contribution >= 0.6 is 0 Å². The number of rotatable bonds is 9. The summed E-state index contributed by atoms with van der Waals surface area (Å²) >= 11 is 0. The highest BCUT2D eigenvalue weighted by Crippen LogP contribution is 2.41. The lowest BCUT2D eigenvalue weighted by molar-refractivity contribution is -0.147. The summed E-state index contributed by atoms with van der Waals surface area (Å²) in [4.78, 5) is 42.7. The smallest absolute Gasteiger partial charge is 0.309 e. The molecule has 38 heavy (non-hydrogen) atoms. The van der Waals surface area contributed by atoms with Gasteiger partial charge in [-0.25, -0.2) is 0 Å². The van der Waals surface area contributed by atoms with Crippen LogP contribution < -0.4 is 9.64 Å². The fourth-order valence-electron chi connectivity index (χ4n) is 5.73. The molecule has 1 N–H and O–H groups in total. The van der Waals surface area contributed by atoms with Crippen LogP contribution in [0.25, 0.3) is 0 Å². The second-order valence-electron chi connectivity index (χ2n) is 11.2. The van der Waals surface area contributed by atoms with Crippen LogP contribution in [-0.2, 0) is 9.59 Å². The van der Waals surface area contributed by atoms with E-state index in [0.29, 0.717) is 36.7 Å². The van der Waals surface area contributed by atoms with Gasteiger partial charge in [0.1, 0.15) is 5.75 Å². The van der Waals surface area contributed by atoms with Crippen LogP contribution in [0.4, 0.5) is 5.69 Å². The van der Waals surface area contributed by atoms with Gasteiger partial charge in [0.2, 0.25) is 5.91 Å². The summed E-state index contributed by atoms with van der Waals surface area (Å²) in [6.07, 6.45) is 5.47. The predicted molar refractivity (Wildman–Crippen MR) is 148 cm³/mol. The fourth-order valence-corrected chi connectivity index (χ4v) is 5.73. The Morgan fingerprint density at radius 2 is 1.71 bits per heavy atom. The van der Waals surface area contributed by atoms with Crippen LogP contribution in [0, 0.1) is 5.41 Å². The molecule has 1 aliphatic heterocycles. The summed E-state index contributed by atoms with van der Waals surface area (Å²) in [5, 5.41) is 9.27. The predicted octanol–water partition coefficient (Wildman–Crippen LogP) is 5.88. The molecule has 2 atom stereocenters. The number of carboxylic acid groups (broad SMARTS) is 1. The minimum absolute atomic E-state index is 0.113. The van der Waals surface area contributed by atoms with Gasteiger partial charge in [-0.1, -0.05) is 31.0 Å². The average Bonchev–Trinajstić information content (AvgIpc) is 3.43. The molecule has 2 aliphatic rings. The zero-order valence-electron chi connectivity index (χ0n) is 23.0. The summed E-state index contributed by atoms with van der Waals surface area (Å²) in [5.41, 5.74) is 1.39. The molecule has 1 heterocycles. The number of hydrogen-bond acceptors (Lipinski definition) is 4. The van der Waals surface area contributed by atoms with Gasteiger partial charge in [-0.05, 0) is 89.3 Å². The number of nitrogens with zero attached hydrogens (tertiary/aromatic N) is 2. The molecule has 204 valence electrons. The summed E-state index contributed by atoms with van der Waals surface area (Å²) < 4.78 is 5.73. The highest BCUT2D eigenvalue weighted by Gasteiger charge is 2.40. The summed E-state index contributed by atoms with van der Waals surface area (Å²) in [6.45, 7) is 8.40. The third-order valence-electron chi connectivity index (χ3n) is 8.17. The van der Waals surface area contributed by atoms with Gasteiger partial charge in [0.15, 0.2) is 0 Å². The Hall–Kier alpha value is -3.35. The van der Waals surface area contributed by atoms with Crippen molar-refractivity contribution < 1.29 is 24.2 Å². The zero-order chi connectivity index (χ0) is 27.4. The third-order valence-corrected chi connectivity index (χ3v) is 8.17. The molecular weight excluding hydrogens is 480 g/mol. The number of carboxylic acids is 1. The lowest BCUT2D eigenvalue weighted by atomic mass is 9.84. The molecule has 2 amide bonds. The van der Waals surface area contributed by atoms with Gasteiger partial charge in [0, 0.05) is 29.9 Å².